The van der Waals surface area contributed by atoms with Gasteiger partial charge in [-0.2, -0.15) is 0 Å². The molecule has 0 bridgehead atoms. The average Bonchev–Trinajstić information content (AvgIpc) is 3.34. The Morgan fingerprint density at radius 1 is 1.07 bits per heavy atom. The van der Waals surface area contributed by atoms with Crippen LogP contribution >= 0.6 is 11.6 Å². The summed E-state index contributed by atoms with van der Waals surface area (Å²) in [5, 5.41) is 3.74. The fourth-order valence-corrected chi connectivity index (χ4v) is 6.56. The van der Waals surface area contributed by atoms with Crippen molar-refractivity contribution in [2.45, 2.75) is 84.2 Å². The molecular formula is C32H42ClF2N3O2. The van der Waals surface area contributed by atoms with Crippen LogP contribution in [0.5, 0.6) is 0 Å². The second kappa shape index (κ2) is 12.2. The summed E-state index contributed by atoms with van der Waals surface area (Å²) in [6.45, 7) is 14.1. The Kier molecular flexibility index (Phi) is 9.25. The van der Waals surface area contributed by atoms with Crippen LogP contribution in [0.15, 0.2) is 30.3 Å². The van der Waals surface area contributed by atoms with Gasteiger partial charge in [-0.15, -0.1) is 0 Å². The van der Waals surface area contributed by atoms with Gasteiger partial charge >= 0.3 is 0 Å². The Bertz CT molecular complexity index is 1250. The lowest BCUT2D eigenvalue weighted by atomic mass is 9.82. The van der Waals surface area contributed by atoms with Crippen molar-refractivity contribution in [2.24, 2.45) is 5.92 Å². The highest BCUT2D eigenvalue weighted by Crippen LogP contribution is 2.41. The zero-order valence-electron chi connectivity index (χ0n) is 24.5. The van der Waals surface area contributed by atoms with E-state index in [9.17, 15) is 18.4 Å². The number of halogens is 3. The molecule has 2 aliphatic heterocycles. The summed E-state index contributed by atoms with van der Waals surface area (Å²) in [7, 11) is 0. The Labute approximate surface area is 242 Å². The third-order valence-electron chi connectivity index (χ3n) is 8.72. The average molecular weight is 574 g/mol. The van der Waals surface area contributed by atoms with Crippen molar-refractivity contribution in [2.75, 3.05) is 26.2 Å². The topological polar surface area (TPSA) is 52.7 Å². The van der Waals surface area contributed by atoms with Crippen molar-refractivity contribution in [3.05, 3.63) is 69.2 Å². The molecule has 218 valence electrons. The first-order chi connectivity index (χ1) is 18.8. The summed E-state index contributed by atoms with van der Waals surface area (Å²) in [5.41, 5.74) is 3.45. The van der Waals surface area contributed by atoms with Gasteiger partial charge in [0, 0.05) is 55.6 Å². The number of nitrogens with one attached hydrogen (secondary N) is 1. The van der Waals surface area contributed by atoms with Gasteiger partial charge in [-0.3, -0.25) is 14.5 Å². The molecule has 2 aliphatic rings. The van der Waals surface area contributed by atoms with Gasteiger partial charge in [0.15, 0.2) is 0 Å². The van der Waals surface area contributed by atoms with Crippen LogP contribution in [0.25, 0.3) is 0 Å². The Balaban J connectivity index is 1.55. The van der Waals surface area contributed by atoms with Crippen molar-refractivity contribution in [1.82, 2.24) is 15.1 Å². The zero-order valence-corrected chi connectivity index (χ0v) is 25.2. The van der Waals surface area contributed by atoms with E-state index in [-0.39, 0.29) is 35.2 Å². The predicted octanol–water partition coefficient (Wildman–Crippen LogP) is 6.73. The minimum atomic E-state index is -0.613. The molecule has 5 nitrogen and oxygen atoms in total. The van der Waals surface area contributed by atoms with Crippen LogP contribution in [0.3, 0.4) is 0 Å². The monoisotopic (exact) mass is 573 g/mol. The van der Waals surface area contributed by atoms with Crippen LogP contribution in [0.4, 0.5) is 8.78 Å². The second-order valence-electron chi connectivity index (χ2n) is 12.4. The number of rotatable bonds is 6. The first-order valence-corrected chi connectivity index (χ1v) is 14.7. The van der Waals surface area contributed by atoms with E-state index in [1.807, 2.05) is 24.8 Å². The molecule has 2 amide bonds. The highest BCUT2D eigenvalue weighted by atomic mass is 35.5. The number of carbonyl (C=O) groups is 2. The van der Waals surface area contributed by atoms with E-state index in [1.165, 1.54) is 24.6 Å². The van der Waals surface area contributed by atoms with E-state index in [1.54, 1.807) is 0 Å². The number of benzene rings is 2. The van der Waals surface area contributed by atoms with Gasteiger partial charge < -0.3 is 10.2 Å². The maximum absolute atomic E-state index is 14.9. The minimum Gasteiger partial charge on any atom is -0.350 e. The molecule has 0 saturated carbocycles. The molecule has 2 heterocycles. The first-order valence-electron chi connectivity index (χ1n) is 14.4. The van der Waals surface area contributed by atoms with Crippen LogP contribution in [0.1, 0.15) is 94.0 Å². The molecule has 2 aromatic carbocycles. The molecule has 2 fully saturated rings. The fraction of sp³-hybridized carbons (Fsp3) is 0.562. The van der Waals surface area contributed by atoms with E-state index < -0.39 is 17.6 Å². The van der Waals surface area contributed by atoms with Crippen LogP contribution in [-0.2, 0) is 9.59 Å². The number of hydrogen-bond donors (Lipinski definition) is 1. The van der Waals surface area contributed by atoms with Gasteiger partial charge in [0.1, 0.15) is 11.6 Å². The van der Waals surface area contributed by atoms with Gasteiger partial charge in [-0.25, -0.2) is 8.78 Å². The Hall–Kier alpha value is -2.51. The second-order valence-corrected chi connectivity index (χ2v) is 12.9. The van der Waals surface area contributed by atoms with Gasteiger partial charge in [-0.05, 0) is 87.3 Å². The van der Waals surface area contributed by atoms with Gasteiger partial charge in [-0.1, -0.05) is 30.7 Å². The minimum absolute atomic E-state index is 0.0381. The summed E-state index contributed by atoms with van der Waals surface area (Å²) in [5.74, 6) is -1.74. The summed E-state index contributed by atoms with van der Waals surface area (Å²) in [4.78, 5) is 30.0. The maximum Gasteiger partial charge on any atom is 0.227 e. The van der Waals surface area contributed by atoms with Crippen LogP contribution in [-0.4, -0.2) is 53.3 Å². The lowest BCUT2D eigenvalue weighted by molar-refractivity contribution is -0.136. The lowest BCUT2D eigenvalue weighted by Crippen LogP contribution is -2.44. The maximum atomic E-state index is 14.9. The Morgan fingerprint density at radius 2 is 1.75 bits per heavy atom. The van der Waals surface area contributed by atoms with E-state index in [4.69, 9.17) is 11.6 Å². The van der Waals surface area contributed by atoms with Gasteiger partial charge in [0.2, 0.25) is 11.8 Å². The third kappa shape index (κ3) is 6.52. The fourth-order valence-electron chi connectivity index (χ4n) is 6.38. The predicted molar refractivity (Wildman–Crippen MR) is 156 cm³/mol. The molecule has 3 unspecified atom stereocenters. The smallest absolute Gasteiger partial charge is 0.227 e. The van der Waals surface area contributed by atoms with E-state index in [0.29, 0.717) is 36.8 Å². The third-order valence-corrected chi connectivity index (χ3v) is 9.13. The summed E-state index contributed by atoms with van der Waals surface area (Å²) < 4.78 is 28.6. The number of aryl methyl sites for hydroxylation is 1. The van der Waals surface area contributed by atoms with Crippen molar-refractivity contribution >= 4 is 23.4 Å². The van der Waals surface area contributed by atoms with Gasteiger partial charge in [0.05, 0.1) is 12.0 Å². The zero-order chi connectivity index (χ0) is 29.4. The summed E-state index contributed by atoms with van der Waals surface area (Å²) in [6, 6.07) is 7.68. The van der Waals surface area contributed by atoms with E-state index in [2.05, 4.69) is 37.1 Å². The first kappa shape index (κ1) is 30.4. The van der Waals surface area contributed by atoms with Crippen molar-refractivity contribution < 1.29 is 18.4 Å². The van der Waals surface area contributed by atoms with Crippen molar-refractivity contribution in [3.63, 3.8) is 0 Å². The van der Waals surface area contributed by atoms with E-state index in [0.717, 1.165) is 36.5 Å². The molecule has 4 rings (SSSR count). The number of carbonyl (C=O) groups excluding carboxylic acids is 2. The number of amides is 2. The molecule has 2 saturated heterocycles. The number of nitrogens with zero attached hydrogens (tertiary/aromatic N) is 2. The molecule has 2 aromatic rings. The molecule has 1 N–H and O–H groups in total. The Morgan fingerprint density at radius 3 is 2.33 bits per heavy atom. The van der Waals surface area contributed by atoms with Crippen molar-refractivity contribution in [1.29, 1.82) is 0 Å². The normalized spacial score (nSPS) is 21.5. The molecule has 3 atom stereocenters. The number of likely N-dealkylation sites (tertiary alicyclic amines) is 2. The SMILES string of the molecule is CCC(NC(C)=O)c1cc(Cl)c(C)cc1C1CCN(C(=O)C2CN(C(C)(C)C)CC2c2ccc(F)cc2F)CC1. The summed E-state index contributed by atoms with van der Waals surface area (Å²) >= 11 is 6.51. The quantitative estimate of drug-likeness (QED) is 0.417. The van der Waals surface area contributed by atoms with Gasteiger partial charge in [0.25, 0.3) is 0 Å². The highest BCUT2D eigenvalue weighted by molar-refractivity contribution is 6.31. The largest absolute Gasteiger partial charge is 0.350 e. The van der Waals surface area contributed by atoms with Crippen molar-refractivity contribution in [3.8, 4) is 0 Å². The molecule has 0 spiro atoms. The highest BCUT2D eigenvalue weighted by Gasteiger charge is 2.44. The van der Waals surface area contributed by atoms with Crippen LogP contribution < -0.4 is 5.32 Å². The van der Waals surface area contributed by atoms with E-state index >= 15 is 0 Å². The molecule has 0 aromatic heterocycles. The molecule has 0 radical (unpaired) electrons. The molecular weight excluding hydrogens is 532 g/mol. The molecule has 40 heavy (non-hydrogen) atoms. The summed E-state index contributed by atoms with van der Waals surface area (Å²) in [6.07, 6.45) is 2.33. The lowest BCUT2D eigenvalue weighted by Gasteiger charge is -2.36. The number of hydrogen-bond acceptors (Lipinski definition) is 3. The molecule has 8 heteroatoms. The number of piperidine rings is 1. The standard InChI is InChI=1S/C32H42ClF2N3O2/c1-7-30(36-20(3)39)25-16-28(33)19(2)14-24(25)21-10-12-37(13-11-21)31(40)27-18-38(32(4,5)6)17-26(27)23-9-8-22(34)15-29(23)35/h8-9,14-16,21,26-27,30H,7,10-13,17-18H2,1-6H3,(H,36,39). The van der Waals surface area contributed by atoms with Crippen LogP contribution in [0, 0.1) is 24.5 Å². The molecule has 0 aliphatic carbocycles. The van der Waals surface area contributed by atoms with Crippen LogP contribution in [0.2, 0.25) is 5.02 Å².